The fourth-order valence-corrected chi connectivity index (χ4v) is 3.87. The number of aromatic amines is 1. The number of aromatic nitrogens is 2. The van der Waals surface area contributed by atoms with Crippen LogP contribution in [-0.2, 0) is 0 Å². The standard InChI is InChI=1S/C18H21FN4O/c19-13-6-4-12(5-7-13)15-11-16(22-21-15)18(24)20-14-8-10-23-9-2-1-3-17(14)23/h4-7,11,14,17H,1-3,8-10H2,(H,20,24)(H,21,22)/t14-,17+/m0/s1. The number of carbonyl (C=O) groups excluding carboxylic acids is 1. The van der Waals surface area contributed by atoms with Crippen molar-refractivity contribution in [2.75, 3.05) is 13.1 Å². The zero-order chi connectivity index (χ0) is 16.5. The lowest BCUT2D eigenvalue weighted by molar-refractivity contribution is 0.0910. The highest BCUT2D eigenvalue weighted by atomic mass is 19.1. The maximum absolute atomic E-state index is 13.0. The number of amides is 1. The summed E-state index contributed by atoms with van der Waals surface area (Å²) in [6.45, 7) is 2.22. The van der Waals surface area contributed by atoms with E-state index in [0.717, 1.165) is 31.5 Å². The number of nitrogens with one attached hydrogen (secondary N) is 2. The molecule has 0 radical (unpaired) electrons. The average molecular weight is 328 g/mol. The molecule has 3 heterocycles. The Balaban J connectivity index is 1.44. The van der Waals surface area contributed by atoms with Crippen LogP contribution >= 0.6 is 0 Å². The molecular formula is C18H21FN4O. The van der Waals surface area contributed by atoms with E-state index in [1.165, 1.54) is 25.0 Å². The molecule has 5 nitrogen and oxygen atoms in total. The third kappa shape index (κ3) is 2.94. The lowest BCUT2D eigenvalue weighted by Gasteiger charge is -2.32. The van der Waals surface area contributed by atoms with Crippen molar-refractivity contribution in [2.45, 2.75) is 37.8 Å². The van der Waals surface area contributed by atoms with Gasteiger partial charge in [-0.25, -0.2) is 4.39 Å². The van der Waals surface area contributed by atoms with Crippen LogP contribution in [0, 0.1) is 5.82 Å². The molecule has 0 unspecified atom stereocenters. The first kappa shape index (κ1) is 15.3. The zero-order valence-electron chi connectivity index (χ0n) is 13.5. The van der Waals surface area contributed by atoms with Crippen LogP contribution in [0.2, 0.25) is 0 Å². The molecule has 2 fully saturated rings. The summed E-state index contributed by atoms with van der Waals surface area (Å²) < 4.78 is 13.0. The first-order valence-electron chi connectivity index (χ1n) is 8.57. The maximum Gasteiger partial charge on any atom is 0.269 e. The molecule has 1 aromatic heterocycles. The van der Waals surface area contributed by atoms with Gasteiger partial charge in [-0.1, -0.05) is 6.42 Å². The fourth-order valence-electron chi connectivity index (χ4n) is 3.87. The summed E-state index contributed by atoms with van der Waals surface area (Å²) in [5.41, 5.74) is 1.88. The van der Waals surface area contributed by atoms with Crippen molar-refractivity contribution in [3.63, 3.8) is 0 Å². The number of piperidine rings is 1. The molecule has 2 saturated heterocycles. The molecule has 0 bridgehead atoms. The van der Waals surface area contributed by atoms with Crippen molar-refractivity contribution < 1.29 is 9.18 Å². The Bertz CT molecular complexity index is 727. The first-order chi connectivity index (χ1) is 11.7. The minimum absolute atomic E-state index is 0.117. The molecule has 2 N–H and O–H groups in total. The SMILES string of the molecule is O=C(N[C@H]1CCN2CCCC[C@H]12)c1cc(-c2ccc(F)cc2)n[nH]1. The zero-order valence-corrected chi connectivity index (χ0v) is 13.5. The van der Waals surface area contributed by atoms with Crippen molar-refractivity contribution in [1.29, 1.82) is 0 Å². The van der Waals surface area contributed by atoms with Gasteiger partial charge in [-0.15, -0.1) is 0 Å². The lowest BCUT2D eigenvalue weighted by Crippen LogP contribution is -2.46. The van der Waals surface area contributed by atoms with Gasteiger partial charge in [0.2, 0.25) is 0 Å². The molecular weight excluding hydrogens is 307 g/mol. The molecule has 0 saturated carbocycles. The molecule has 1 aromatic carbocycles. The second-order valence-corrected chi connectivity index (χ2v) is 6.64. The van der Waals surface area contributed by atoms with Gasteiger partial charge in [0.25, 0.3) is 5.91 Å². The van der Waals surface area contributed by atoms with Crippen molar-refractivity contribution >= 4 is 5.91 Å². The lowest BCUT2D eigenvalue weighted by atomic mass is 9.99. The van der Waals surface area contributed by atoms with E-state index in [-0.39, 0.29) is 17.8 Å². The van der Waals surface area contributed by atoms with Crippen LogP contribution in [0.1, 0.15) is 36.2 Å². The molecule has 0 aliphatic carbocycles. The van der Waals surface area contributed by atoms with Gasteiger partial charge in [-0.05, 0) is 56.1 Å². The fraction of sp³-hybridized carbons (Fsp3) is 0.444. The smallest absolute Gasteiger partial charge is 0.269 e. The summed E-state index contributed by atoms with van der Waals surface area (Å²) in [4.78, 5) is 15.0. The second kappa shape index (κ2) is 6.36. The van der Waals surface area contributed by atoms with Crippen molar-refractivity contribution in [1.82, 2.24) is 20.4 Å². The van der Waals surface area contributed by atoms with Gasteiger partial charge in [0.15, 0.2) is 0 Å². The number of halogens is 1. The number of carbonyl (C=O) groups is 1. The van der Waals surface area contributed by atoms with Crippen LogP contribution in [0.3, 0.4) is 0 Å². The quantitative estimate of drug-likeness (QED) is 0.910. The van der Waals surface area contributed by atoms with Crippen LogP contribution in [0.15, 0.2) is 30.3 Å². The van der Waals surface area contributed by atoms with Crippen molar-refractivity contribution in [3.8, 4) is 11.3 Å². The Morgan fingerprint density at radius 1 is 1.21 bits per heavy atom. The monoisotopic (exact) mass is 328 g/mol. The topological polar surface area (TPSA) is 61.0 Å². The summed E-state index contributed by atoms with van der Waals surface area (Å²) in [5.74, 6) is -0.404. The minimum atomic E-state index is -0.287. The van der Waals surface area contributed by atoms with Gasteiger partial charge in [-0.3, -0.25) is 14.8 Å². The largest absolute Gasteiger partial charge is 0.346 e. The molecule has 1 amide bonds. The van der Waals surface area contributed by atoms with E-state index < -0.39 is 0 Å². The number of rotatable bonds is 3. The average Bonchev–Trinajstić information content (AvgIpc) is 3.23. The molecule has 0 spiro atoms. The molecule has 4 rings (SSSR count). The third-order valence-corrected chi connectivity index (χ3v) is 5.13. The van der Waals surface area contributed by atoms with Crippen LogP contribution in [0.4, 0.5) is 4.39 Å². The number of nitrogens with zero attached hydrogens (tertiary/aromatic N) is 2. The summed E-state index contributed by atoms with van der Waals surface area (Å²) in [5, 5.41) is 10.1. The number of benzene rings is 1. The molecule has 2 aliphatic rings. The Labute approximate surface area is 140 Å². The Hall–Kier alpha value is -2.21. The van der Waals surface area contributed by atoms with E-state index in [4.69, 9.17) is 0 Å². The molecule has 2 aromatic rings. The van der Waals surface area contributed by atoms with Gasteiger partial charge >= 0.3 is 0 Å². The van der Waals surface area contributed by atoms with E-state index >= 15 is 0 Å². The summed E-state index contributed by atoms with van der Waals surface area (Å²) in [6.07, 6.45) is 4.68. The Morgan fingerprint density at radius 3 is 2.88 bits per heavy atom. The van der Waals surface area contributed by atoms with Crippen LogP contribution in [0.25, 0.3) is 11.3 Å². The number of H-pyrrole nitrogens is 1. The Kier molecular flexibility index (Phi) is 4.06. The highest BCUT2D eigenvalue weighted by molar-refractivity contribution is 5.93. The molecule has 6 heteroatoms. The summed E-state index contributed by atoms with van der Waals surface area (Å²) in [7, 11) is 0. The van der Waals surface area contributed by atoms with Gasteiger partial charge in [0.1, 0.15) is 11.5 Å². The highest BCUT2D eigenvalue weighted by Gasteiger charge is 2.36. The molecule has 24 heavy (non-hydrogen) atoms. The van der Waals surface area contributed by atoms with Crippen LogP contribution in [0.5, 0.6) is 0 Å². The summed E-state index contributed by atoms with van der Waals surface area (Å²) in [6, 6.07) is 8.50. The predicted molar refractivity (Wildman–Crippen MR) is 89.1 cm³/mol. The van der Waals surface area contributed by atoms with Gasteiger partial charge in [-0.2, -0.15) is 5.10 Å². The van der Waals surface area contributed by atoms with E-state index in [2.05, 4.69) is 20.4 Å². The predicted octanol–water partition coefficient (Wildman–Crippen LogP) is 2.57. The van der Waals surface area contributed by atoms with Crippen molar-refractivity contribution in [3.05, 3.63) is 41.8 Å². The summed E-state index contributed by atoms with van der Waals surface area (Å²) >= 11 is 0. The van der Waals surface area contributed by atoms with Crippen LogP contribution in [-0.4, -0.2) is 46.2 Å². The van der Waals surface area contributed by atoms with E-state index in [9.17, 15) is 9.18 Å². The number of hydrogen-bond donors (Lipinski definition) is 2. The minimum Gasteiger partial charge on any atom is -0.346 e. The molecule has 2 atom stereocenters. The van der Waals surface area contributed by atoms with Gasteiger partial charge in [0.05, 0.1) is 5.69 Å². The van der Waals surface area contributed by atoms with E-state index in [0.29, 0.717) is 17.4 Å². The first-order valence-corrected chi connectivity index (χ1v) is 8.57. The number of hydrogen-bond acceptors (Lipinski definition) is 3. The van der Waals surface area contributed by atoms with Crippen LogP contribution < -0.4 is 5.32 Å². The molecule has 126 valence electrons. The third-order valence-electron chi connectivity index (χ3n) is 5.13. The maximum atomic E-state index is 13.0. The second-order valence-electron chi connectivity index (χ2n) is 6.64. The normalized spacial score (nSPS) is 23.9. The van der Waals surface area contributed by atoms with Gasteiger partial charge in [0, 0.05) is 24.2 Å². The van der Waals surface area contributed by atoms with E-state index in [1.807, 2.05) is 0 Å². The molecule has 2 aliphatic heterocycles. The van der Waals surface area contributed by atoms with Crippen molar-refractivity contribution in [2.24, 2.45) is 0 Å². The van der Waals surface area contributed by atoms with Gasteiger partial charge < -0.3 is 5.32 Å². The number of fused-ring (bicyclic) bond motifs is 1. The highest BCUT2D eigenvalue weighted by Crippen LogP contribution is 2.27. The Morgan fingerprint density at radius 2 is 2.04 bits per heavy atom. The van der Waals surface area contributed by atoms with E-state index in [1.54, 1.807) is 18.2 Å².